The number of nitrogens with zero attached hydrogens (tertiary/aromatic N) is 3. The molecule has 1 amide bonds. The van der Waals surface area contributed by atoms with Crippen LogP contribution in [-0.4, -0.2) is 33.0 Å². The van der Waals surface area contributed by atoms with Crippen molar-refractivity contribution in [2.45, 2.75) is 57.0 Å². The minimum atomic E-state index is 0.141. The lowest BCUT2D eigenvalue weighted by atomic mass is 10.2. The third kappa shape index (κ3) is 7.76. The average molecular weight is 506 g/mol. The van der Waals surface area contributed by atoms with E-state index >= 15 is 0 Å². The number of nitrogens with one attached hydrogen (secondary N) is 1. The van der Waals surface area contributed by atoms with Gasteiger partial charge < -0.3 is 5.32 Å². The van der Waals surface area contributed by atoms with Gasteiger partial charge in [0.15, 0.2) is 11.0 Å². The van der Waals surface area contributed by atoms with Crippen molar-refractivity contribution in [2.24, 2.45) is 0 Å². The number of aromatic nitrogens is 3. The summed E-state index contributed by atoms with van der Waals surface area (Å²) in [6, 6.07) is 15.5. The number of benzene rings is 2. The van der Waals surface area contributed by atoms with Crippen LogP contribution in [0.2, 0.25) is 10.0 Å². The van der Waals surface area contributed by atoms with Crippen LogP contribution in [0.5, 0.6) is 0 Å². The molecule has 8 heteroatoms. The molecule has 5 nitrogen and oxygen atoms in total. The lowest BCUT2D eigenvalue weighted by Gasteiger charge is -2.11. The average Bonchev–Trinajstić information content (AvgIpc) is 3.25. The summed E-state index contributed by atoms with van der Waals surface area (Å²) in [5.74, 6) is 1.73. The Labute approximate surface area is 210 Å². The van der Waals surface area contributed by atoms with Crippen LogP contribution >= 0.6 is 35.0 Å². The van der Waals surface area contributed by atoms with Gasteiger partial charge in [0.2, 0.25) is 5.91 Å². The fourth-order valence-electron chi connectivity index (χ4n) is 3.41. The first-order chi connectivity index (χ1) is 16.1. The number of amides is 1. The Morgan fingerprint density at radius 1 is 0.970 bits per heavy atom. The fourth-order valence-corrected chi connectivity index (χ4v) is 4.66. The van der Waals surface area contributed by atoms with E-state index in [-0.39, 0.29) is 5.91 Å². The molecule has 176 valence electrons. The maximum Gasteiger partial charge on any atom is 0.219 e. The summed E-state index contributed by atoms with van der Waals surface area (Å²) in [7, 11) is 0. The highest BCUT2D eigenvalue weighted by Gasteiger charge is 2.17. The van der Waals surface area contributed by atoms with Crippen molar-refractivity contribution in [3.05, 3.63) is 58.6 Å². The number of hydrogen-bond donors (Lipinski definition) is 1. The van der Waals surface area contributed by atoms with E-state index in [4.69, 9.17) is 23.2 Å². The summed E-state index contributed by atoms with van der Waals surface area (Å²) in [5, 5.41) is 13.7. The standard InChI is InChI=1S/C25H30Cl2N4OS/c1-2-3-4-9-16-28-23(32)13-8-10-17-33-25-30-29-24(19-11-6-5-7-12-19)31(25)20-14-15-21(26)22(27)18-20/h5-7,11-12,14-15,18H,2-4,8-10,13,16-17H2,1H3,(H,28,32). The van der Waals surface area contributed by atoms with E-state index in [0.717, 1.165) is 53.8 Å². The third-order valence-electron chi connectivity index (χ3n) is 5.21. The Balaban J connectivity index is 1.59. The number of halogens is 2. The smallest absolute Gasteiger partial charge is 0.219 e. The maximum absolute atomic E-state index is 12.0. The van der Waals surface area contributed by atoms with Gasteiger partial charge in [0.25, 0.3) is 0 Å². The summed E-state index contributed by atoms with van der Waals surface area (Å²) < 4.78 is 2.01. The molecule has 33 heavy (non-hydrogen) atoms. The molecule has 0 bridgehead atoms. The predicted molar refractivity (Wildman–Crippen MR) is 139 cm³/mol. The Morgan fingerprint density at radius 3 is 2.55 bits per heavy atom. The maximum atomic E-state index is 12.0. The highest BCUT2D eigenvalue weighted by Crippen LogP contribution is 2.31. The van der Waals surface area contributed by atoms with Gasteiger partial charge in [-0.3, -0.25) is 9.36 Å². The van der Waals surface area contributed by atoms with E-state index in [2.05, 4.69) is 22.4 Å². The molecule has 0 fully saturated rings. The minimum absolute atomic E-state index is 0.141. The van der Waals surface area contributed by atoms with E-state index < -0.39 is 0 Å². The predicted octanol–water partition coefficient (Wildman–Crippen LogP) is 7.20. The van der Waals surface area contributed by atoms with Crippen LogP contribution in [0, 0.1) is 0 Å². The van der Waals surface area contributed by atoms with Crippen LogP contribution in [0.4, 0.5) is 0 Å². The van der Waals surface area contributed by atoms with Crippen molar-refractivity contribution in [1.29, 1.82) is 0 Å². The van der Waals surface area contributed by atoms with Gasteiger partial charge in [-0.05, 0) is 37.5 Å². The van der Waals surface area contributed by atoms with Gasteiger partial charge in [-0.25, -0.2) is 0 Å². The molecule has 0 aliphatic carbocycles. The monoisotopic (exact) mass is 504 g/mol. The molecule has 1 aromatic heterocycles. The van der Waals surface area contributed by atoms with Gasteiger partial charge in [-0.1, -0.05) is 91.5 Å². The lowest BCUT2D eigenvalue weighted by Crippen LogP contribution is -2.23. The molecular weight excluding hydrogens is 475 g/mol. The minimum Gasteiger partial charge on any atom is -0.356 e. The van der Waals surface area contributed by atoms with Crippen molar-refractivity contribution in [3.8, 4) is 17.1 Å². The van der Waals surface area contributed by atoms with Crippen LogP contribution in [0.3, 0.4) is 0 Å². The highest BCUT2D eigenvalue weighted by atomic mass is 35.5. The first kappa shape index (κ1) is 25.6. The number of unbranched alkanes of at least 4 members (excludes halogenated alkanes) is 4. The topological polar surface area (TPSA) is 59.8 Å². The van der Waals surface area contributed by atoms with Crippen LogP contribution in [-0.2, 0) is 4.79 Å². The Hall–Kier alpha value is -2.02. The molecule has 0 saturated heterocycles. The summed E-state index contributed by atoms with van der Waals surface area (Å²) in [6.45, 7) is 2.97. The second-order valence-electron chi connectivity index (χ2n) is 7.82. The number of carbonyl (C=O) groups excluding carboxylic acids is 1. The van der Waals surface area contributed by atoms with Crippen molar-refractivity contribution >= 4 is 40.9 Å². The van der Waals surface area contributed by atoms with Gasteiger partial charge in [-0.2, -0.15) is 0 Å². The molecule has 3 aromatic rings. The van der Waals surface area contributed by atoms with E-state index in [1.165, 1.54) is 19.3 Å². The van der Waals surface area contributed by atoms with Crippen LogP contribution in [0.25, 0.3) is 17.1 Å². The Morgan fingerprint density at radius 2 is 1.79 bits per heavy atom. The molecule has 0 aliphatic rings. The van der Waals surface area contributed by atoms with Crippen LogP contribution in [0.15, 0.2) is 53.7 Å². The zero-order chi connectivity index (χ0) is 23.5. The second-order valence-corrected chi connectivity index (χ2v) is 9.70. The van der Waals surface area contributed by atoms with Gasteiger partial charge in [0.1, 0.15) is 0 Å². The van der Waals surface area contributed by atoms with Gasteiger partial charge >= 0.3 is 0 Å². The first-order valence-corrected chi connectivity index (χ1v) is 13.2. The quantitative estimate of drug-likeness (QED) is 0.197. The normalized spacial score (nSPS) is 11.0. The molecule has 1 N–H and O–H groups in total. The van der Waals surface area contributed by atoms with Gasteiger partial charge in [0, 0.05) is 24.3 Å². The van der Waals surface area contributed by atoms with Gasteiger partial charge in [0.05, 0.1) is 15.7 Å². The van der Waals surface area contributed by atoms with Crippen molar-refractivity contribution in [3.63, 3.8) is 0 Å². The summed E-state index contributed by atoms with van der Waals surface area (Å²) >= 11 is 14.0. The molecule has 0 aliphatic heterocycles. The molecule has 0 spiro atoms. The largest absolute Gasteiger partial charge is 0.356 e. The number of carbonyl (C=O) groups is 1. The summed E-state index contributed by atoms with van der Waals surface area (Å²) in [4.78, 5) is 12.0. The number of hydrogen-bond acceptors (Lipinski definition) is 4. The zero-order valence-corrected chi connectivity index (χ0v) is 21.2. The number of rotatable bonds is 13. The van der Waals surface area contributed by atoms with Crippen LogP contribution < -0.4 is 5.32 Å². The van der Waals surface area contributed by atoms with E-state index in [1.807, 2.05) is 47.0 Å². The fraction of sp³-hybridized carbons (Fsp3) is 0.400. The Kier molecular flexibility index (Phi) is 10.6. The zero-order valence-electron chi connectivity index (χ0n) is 18.9. The molecule has 3 rings (SSSR count). The van der Waals surface area contributed by atoms with E-state index in [1.54, 1.807) is 17.8 Å². The van der Waals surface area contributed by atoms with E-state index in [9.17, 15) is 4.79 Å². The highest BCUT2D eigenvalue weighted by molar-refractivity contribution is 7.99. The summed E-state index contributed by atoms with van der Waals surface area (Å²) in [6.07, 6.45) is 7.00. The second kappa shape index (κ2) is 13.6. The molecule has 0 atom stereocenters. The first-order valence-electron chi connectivity index (χ1n) is 11.5. The molecule has 0 unspecified atom stereocenters. The van der Waals surface area contributed by atoms with Crippen molar-refractivity contribution < 1.29 is 4.79 Å². The SMILES string of the molecule is CCCCCCNC(=O)CCCCSc1nnc(-c2ccccc2)n1-c1ccc(Cl)c(Cl)c1. The van der Waals surface area contributed by atoms with E-state index in [0.29, 0.717) is 16.5 Å². The van der Waals surface area contributed by atoms with Gasteiger partial charge in [-0.15, -0.1) is 10.2 Å². The lowest BCUT2D eigenvalue weighted by molar-refractivity contribution is -0.121. The molecule has 0 saturated carbocycles. The van der Waals surface area contributed by atoms with Crippen molar-refractivity contribution in [2.75, 3.05) is 12.3 Å². The molecule has 2 aromatic carbocycles. The number of thioether (sulfide) groups is 1. The summed E-state index contributed by atoms with van der Waals surface area (Å²) in [5.41, 5.74) is 1.83. The van der Waals surface area contributed by atoms with Crippen molar-refractivity contribution in [1.82, 2.24) is 20.1 Å². The Bertz CT molecular complexity index is 1030. The molecule has 1 heterocycles. The third-order valence-corrected chi connectivity index (χ3v) is 6.96. The molecular formula is C25H30Cl2N4OS. The molecule has 0 radical (unpaired) electrons. The van der Waals surface area contributed by atoms with Crippen LogP contribution in [0.1, 0.15) is 51.9 Å².